The zero-order valence-corrected chi connectivity index (χ0v) is 9.46. The molecular weight excluding hydrogens is 154 g/mol. The minimum absolute atomic E-state index is 0.407. The molecule has 0 aliphatic carbocycles. The summed E-state index contributed by atoms with van der Waals surface area (Å²) in [7, 11) is 4.27. The van der Waals surface area contributed by atoms with Gasteiger partial charge >= 0.3 is 0 Å². The first-order valence-corrected chi connectivity index (χ1v) is 5.12. The highest BCUT2D eigenvalue weighted by atomic mass is 32.2. The van der Waals surface area contributed by atoms with Gasteiger partial charge in [0.2, 0.25) is 0 Å². The van der Waals surface area contributed by atoms with E-state index in [1.54, 1.807) is 0 Å². The van der Waals surface area contributed by atoms with Crippen molar-refractivity contribution in [3.05, 3.63) is 0 Å². The molecule has 0 aromatic heterocycles. The number of hydrogen-bond acceptors (Lipinski definition) is 2. The van der Waals surface area contributed by atoms with Crippen LogP contribution in [0.25, 0.3) is 0 Å². The average molecular weight is 175 g/mol. The lowest BCUT2D eigenvalue weighted by Crippen LogP contribution is -2.28. The number of rotatable bonds is 3. The molecule has 0 radical (unpaired) electrons. The van der Waals surface area contributed by atoms with E-state index in [4.69, 9.17) is 0 Å². The van der Waals surface area contributed by atoms with E-state index in [1.165, 1.54) is 5.75 Å². The van der Waals surface area contributed by atoms with Gasteiger partial charge in [0.05, 0.1) is 0 Å². The second-order valence-corrected chi connectivity index (χ2v) is 6.08. The van der Waals surface area contributed by atoms with Gasteiger partial charge in [-0.15, -0.1) is 0 Å². The summed E-state index contributed by atoms with van der Waals surface area (Å²) in [6.07, 6.45) is 0. The maximum absolute atomic E-state index is 2.26. The molecule has 0 fully saturated rings. The molecule has 2 heteroatoms. The SMILES string of the molecule is C[C@@H](CSC(C)(C)C)N(C)C. The van der Waals surface area contributed by atoms with Gasteiger partial charge in [-0.05, 0) is 21.0 Å². The third-order valence-electron chi connectivity index (χ3n) is 1.64. The molecule has 0 unspecified atom stereocenters. The van der Waals surface area contributed by atoms with Crippen LogP contribution in [0.2, 0.25) is 0 Å². The summed E-state index contributed by atoms with van der Waals surface area (Å²) >= 11 is 2.03. The third-order valence-corrected chi connectivity index (χ3v) is 3.15. The van der Waals surface area contributed by atoms with Gasteiger partial charge in [0.25, 0.3) is 0 Å². The lowest BCUT2D eigenvalue weighted by Gasteiger charge is -2.24. The van der Waals surface area contributed by atoms with Crippen molar-refractivity contribution in [1.82, 2.24) is 4.90 Å². The number of thioether (sulfide) groups is 1. The molecule has 0 amide bonds. The highest BCUT2D eigenvalue weighted by molar-refractivity contribution is 8.00. The molecule has 0 N–H and O–H groups in total. The summed E-state index contributed by atoms with van der Waals surface area (Å²) in [5, 5.41) is 0. The summed E-state index contributed by atoms with van der Waals surface area (Å²) in [4.78, 5) is 2.26. The summed E-state index contributed by atoms with van der Waals surface area (Å²) in [5.74, 6) is 1.22. The van der Waals surface area contributed by atoms with Crippen LogP contribution in [0.4, 0.5) is 0 Å². The van der Waals surface area contributed by atoms with Gasteiger partial charge in [0.15, 0.2) is 0 Å². The second kappa shape index (κ2) is 4.36. The Morgan fingerprint density at radius 2 is 1.73 bits per heavy atom. The molecule has 0 aromatic carbocycles. The third kappa shape index (κ3) is 6.70. The Morgan fingerprint density at radius 1 is 1.27 bits per heavy atom. The smallest absolute Gasteiger partial charge is 0.0152 e. The van der Waals surface area contributed by atoms with Crippen molar-refractivity contribution in [2.24, 2.45) is 0 Å². The lowest BCUT2D eigenvalue weighted by molar-refractivity contribution is 0.339. The Bertz CT molecular complexity index is 105. The minimum Gasteiger partial charge on any atom is -0.306 e. The van der Waals surface area contributed by atoms with Crippen LogP contribution < -0.4 is 0 Å². The molecular formula is C9H21NS. The quantitative estimate of drug-likeness (QED) is 0.648. The van der Waals surface area contributed by atoms with Gasteiger partial charge in [-0.25, -0.2) is 0 Å². The predicted octanol–water partition coefficient (Wildman–Crippen LogP) is 2.47. The van der Waals surface area contributed by atoms with E-state index in [1.807, 2.05) is 11.8 Å². The largest absolute Gasteiger partial charge is 0.306 e. The van der Waals surface area contributed by atoms with E-state index in [2.05, 4.69) is 46.7 Å². The van der Waals surface area contributed by atoms with E-state index >= 15 is 0 Å². The molecule has 0 heterocycles. The van der Waals surface area contributed by atoms with Crippen molar-refractivity contribution in [3.8, 4) is 0 Å². The van der Waals surface area contributed by atoms with Crippen LogP contribution in [-0.2, 0) is 0 Å². The molecule has 0 bridgehead atoms. The Balaban J connectivity index is 3.54. The molecule has 1 nitrogen and oxygen atoms in total. The van der Waals surface area contributed by atoms with Crippen molar-refractivity contribution >= 4 is 11.8 Å². The molecule has 0 saturated carbocycles. The van der Waals surface area contributed by atoms with Gasteiger partial charge in [0.1, 0.15) is 0 Å². The first-order chi connectivity index (χ1) is 4.83. The van der Waals surface area contributed by atoms with Crippen LogP contribution in [0.3, 0.4) is 0 Å². The average Bonchev–Trinajstić information content (AvgIpc) is 1.80. The van der Waals surface area contributed by atoms with Crippen molar-refractivity contribution in [2.45, 2.75) is 38.5 Å². The lowest BCUT2D eigenvalue weighted by atomic mass is 10.3. The molecule has 0 aliphatic heterocycles. The molecule has 1 atom stereocenters. The molecule has 0 saturated heterocycles. The van der Waals surface area contributed by atoms with Crippen LogP contribution in [0, 0.1) is 0 Å². The minimum atomic E-state index is 0.407. The molecule has 0 rings (SSSR count). The molecule has 0 spiro atoms. The van der Waals surface area contributed by atoms with Crippen LogP contribution in [0.1, 0.15) is 27.7 Å². The first kappa shape index (κ1) is 11.3. The van der Waals surface area contributed by atoms with Crippen LogP contribution >= 0.6 is 11.8 Å². The number of nitrogens with zero attached hydrogens (tertiary/aromatic N) is 1. The molecule has 68 valence electrons. The van der Waals surface area contributed by atoms with Crippen molar-refractivity contribution in [1.29, 1.82) is 0 Å². The fourth-order valence-electron chi connectivity index (χ4n) is 0.520. The Hall–Kier alpha value is 0.310. The highest BCUT2D eigenvalue weighted by Crippen LogP contribution is 2.24. The summed E-state index contributed by atoms with van der Waals surface area (Å²) in [6.45, 7) is 9.05. The van der Waals surface area contributed by atoms with E-state index < -0.39 is 0 Å². The first-order valence-electron chi connectivity index (χ1n) is 4.13. The maximum Gasteiger partial charge on any atom is 0.0152 e. The highest BCUT2D eigenvalue weighted by Gasteiger charge is 2.13. The zero-order valence-electron chi connectivity index (χ0n) is 8.64. The molecule has 11 heavy (non-hydrogen) atoms. The Kier molecular flexibility index (Phi) is 4.49. The Morgan fingerprint density at radius 3 is 2.00 bits per heavy atom. The number of hydrogen-bond donors (Lipinski definition) is 0. The van der Waals surface area contributed by atoms with E-state index in [0.29, 0.717) is 10.8 Å². The van der Waals surface area contributed by atoms with Crippen LogP contribution in [0.15, 0.2) is 0 Å². The standard InChI is InChI=1S/C9H21NS/c1-8(10(5)6)7-11-9(2,3)4/h8H,7H2,1-6H3/t8-/m0/s1. The topological polar surface area (TPSA) is 3.24 Å². The summed E-state index contributed by atoms with van der Waals surface area (Å²) < 4.78 is 0.407. The van der Waals surface area contributed by atoms with Gasteiger partial charge in [-0.2, -0.15) is 11.8 Å². The summed E-state index contributed by atoms with van der Waals surface area (Å²) in [6, 6.07) is 0.680. The van der Waals surface area contributed by atoms with Gasteiger partial charge in [-0.1, -0.05) is 20.8 Å². The van der Waals surface area contributed by atoms with Crippen molar-refractivity contribution in [3.63, 3.8) is 0 Å². The summed E-state index contributed by atoms with van der Waals surface area (Å²) in [5.41, 5.74) is 0. The monoisotopic (exact) mass is 175 g/mol. The van der Waals surface area contributed by atoms with Crippen molar-refractivity contribution < 1.29 is 0 Å². The molecule has 0 aliphatic rings. The normalized spacial score (nSPS) is 15.5. The van der Waals surface area contributed by atoms with E-state index in [9.17, 15) is 0 Å². The van der Waals surface area contributed by atoms with E-state index in [-0.39, 0.29) is 0 Å². The van der Waals surface area contributed by atoms with Crippen LogP contribution in [0.5, 0.6) is 0 Å². The molecule has 0 aromatic rings. The van der Waals surface area contributed by atoms with Gasteiger partial charge in [-0.3, -0.25) is 0 Å². The van der Waals surface area contributed by atoms with Gasteiger partial charge < -0.3 is 4.90 Å². The maximum atomic E-state index is 2.26. The fraction of sp³-hybridized carbons (Fsp3) is 1.00. The Labute approximate surface area is 75.5 Å². The zero-order chi connectivity index (χ0) is 9.07. The van der Waals surface area contributed by atoms with Crippen molar-refractivity contribution in [2.75, 3.05) is 19.8 Å². The van der Waals surface area contributed by atoms with Crippen LogP contribution in [-0.4, -0.2) is 35.5 Å². The fourth-order valence-corrected chi connectivity index (χ4v) is 1.56. The second-order valence-electron chi connectivity index (χ2n) is 4.24. The van der Waals surface area contributed by atoms with Gasteiger partial charge in [0, 0.05) is 16.5 Å². The predicted molar refractivity (Wildman–Crippen MR) is 55.4 cm³/mol. The van der Waals surface area contributed by atoms with E-state index in [0.717, 1.165) is 0 Å².